The lowest BCUT2D eigenvalue weighted by molar-refractivity contribution is 0.303. The van der Waals surface area contributed by atoms with Gasteiger partial charge in [0.1, 0.15) is 6.61 Å². The molecule has 0 unspecified atom stereocenters. The van der Waals surface area contributed by atoms with Gasteiger partial charge in [-0.25, -0.2) is 9.78 Å². The molecular weight excluding hydrogens is 374 g/mol. The number of rotatable bonds is 5. The average Bonchev–Trinajstić information content (AvgIpc) is 3.28. The Bertz CT molecular complexity index is 1190. The van der Waals surface area contributed by atoms with Crippen molar-refractivity contribution in [2.24, 2.45) is 7.05 Å². The van der Waals surface area contributed by atoms with E-state index >= 15 is 0 Å². The van der Waals surface area contributed by atoms with Gasteiger partial charge in [-0.2, -0.15) is 9.36 Å². The second kappa shape index (κ2) is 7.40. The minimum atomic E-state index is -0.303. The molecule has 7 nitrogen and oxygen atoms in total. The Morgan fingerprint density at radius 3 is 2.57 bits per heavy atom. The molecule has 0 spiro atoms. The normalized spacial score (nSPS) is 11.0. The highest BCUT2D eigenvalue weighted by Crippen LogP contribution is 2.29. The molecule has 142 valence electrons. The Kier molecular flexibility index (Phi) is 4.79. The number of tetrazole rings is 1. The van der Waals surface area contributed by atoms with Crippen LogP contribution in [0.3, 0.4) is 0 Å². The minimum Gasteiger partial charge on any atom is -0.465 e. The Morgan fingerprint density at radius 2 is 1.82 bits per heavy atom. The maximum atomic E-state index is 12.2. The van der Waals surface area contributed by atoms with Crippen molar-refractivity contribution < 1.29 is 4.74 Å². The van der Waals surface area contributed by atoms with Gasteiger partial charge in [-0.05, 0) is 41.5 Å². The zero-order chi connectivity index (χ0) is 19.7. The standard InChI is InChI=1S/C20H19N5O2S/c1-13-7-4-5-9-15(13)17-12-28-19(21-17)27-11-16-14(2)8-6-10-18(16)25-20(26)24(3)22-23-25/h4-10,12H,11H2,1-3H3. The van der Waals surface area contributed by atoms with Crippen LogP contribution in [0.5, 0.6) is 5.19 Å². The summed E-state index contributed by atoms with van der Waals surface area (Å²) in [4.78, 5) is 16.9. The fraction of sp³-hybridized carbons (Fsp3) is 0.200. The van der Waals surface area contributed by atoms with Crippen molar-refractivity contribution in [3.05, 3.63) is 75.0 Å². The fourth-order valence-corrected chi connectivity index (χ4v) is 3.65. The molecule has 0 N–H and O–H groups in total. The first-order valence-electron chi connectivity index (χ1n) is 8.77. The van der Waals surface area contributed by atoms with E-state index in [4.69, 9.17) is 4.74 Å². The molecule has 0 aliphatic heterocycles. The monoisotopic (exact) mass is 393 g/mol. The van der Waals surface area contributed by atoms with Gasteiger partial charge in [0.15, 0.2) is 0 Å². The third-order valence-electron chi connectivity index (χ3n) is 4.58. The van der Waals surface area contributed by atoms with E-state index in [2.05, 4.69) is 28.4 Å². The van der Waals surface area contributed by atoms with Gasteiger partial charge in [-0.1, -0.05) is 47.7 Å². The third-order valence-corrected chi connectivity index (χ3v) is 5.33. The molecule has 0 fully saturated rings. The minimum absolute atomic E-state index is 0.283. The topological polar surface area (TPSA) is 74.8 Å². The molecule has 0 radical (unpaired) electrons. The van der Waals surface area contributed by atoms with E-state index in [1.54, 1.807) is 7.05 Å². The zero-order valence-electron chi connectivity index (χ0n) is 15.8. The van der Waals surface area contributed by atoms with E-state index in [1.165, 1.54) is 26.3 Å². The summed E-state index contributed by atoms with van der Waals surface area (Å²) in [5.74, 6) is 0. The Morgan fingerprint density at radius 1 is 1.04 bits per heavy atom. The highest BCUT2D eigenvalue weighted by Gasteiger charge is 2.14. The maximum Gasteiger partial charge on any atom is 0.368 e. The number of benzene rings is 2. The number of hydrogen-bond donors (Lipinski definition) is 0. The summed E-state index contributed by atoms with van der Waals surface area (Å²) in [7, 11) is 1.57. The third kappa shape index (κ3) is 3.34. The highest BCUT2D eigenvalue weighted by atomic mass is 32.1. The molecule has 0 atom stereocenters. The van der Waals surface area contributed by atoms with E-state index in [9.17, 15) is 4.79 Å². The molecule has 28 heavy (non-hydrogen) atoms. The van der Waals surface area contributed by atoms with Crippen LogP contribution in [0, 0.1) is 13.8 Å². The molecule has 0 bridgehead atoms. The van der Waals surface area contributed by atoms with Crippen LogP contribution in [0.2, 0.25) is 0 Å². The van der Waals surface area contributed by atoms with Crippen molar-refractivity contribution in [2.75, 3.05) is 0 Å². The van der Waals surface area contributed by atoms with Crippen molar-refractivity contribution in [1.29, 1.82) is 0 Å². The first-order chi connectivity index (χ1) is 13.5. The average molecular weight is 393 g/mol. The Hall–Kier alpha value is -3.26. The molecule has 2 aromatic heterocycles. The molecule has 2 heterocycles. The molecule has 2 aromatic carbocycles. The van der Waals surface area contributed by atoms with E-state index < -0.39 is 0 Å². The maximum absolute atomic E-state index is 12.2. The van der Waals surface area contributed by atoms with Crippen molar-refractivity contribution in [2.45, 2.75) is 20.5 Å². The van der Waals surface area contributed by atoms with Crippen LogP contribution in [0.15, 0.2) is 52.6 Å². The Balaban J connectivity index is 1.61. The van der Waals surface area contributed by atoms with Gasteiger partial charge in [-0.15, -0.1) is 0 Å². The SMILES string of the molecule is Cc1ccccc1-c1csc(OCc2c(C)cccc2-n2nnn(C)c2=O)n1. The first kappa shape index (κ1) is 18.1. The zero-order valence-corrected chi connectivity index (χ0v) is 16.6. The summed E-state index contributed by atoms with van der Waals surface area (Å²) in [5.41, 5.74) is 5.40. The quantitative estimate of drug-likeness (QED) is 0.520. The largest absolute Gasteiger partial charge is 0.465 e. The number of nitrogens with zero attached hydrogens (tertiary/aromatic N) is 5. The van der Waals surface area contributed by atoms with Gasteiger partial charge in [0.2, 0.25) is 0 Å². The molecule has 0 amide bonds. The van der Waals surface area contributed by atoms with Crippen LogP contribution in [0.1, 0.15) is 16.7 Å². The lowest BCUT2D eigenvalue weighted by Gasteiger charge is -2.11. The van der Waals surface area contributed by atoms with E-state index in [1.807, 2.05) is 48.7 Å². The predicted octanol–water partition coefficient (Wildman–Crippen LogP) is 3.29. The van der Waals surface area contributed by atoms with E-state index in [-0.39, 0.29) is 12.3 Å². The van der Waals surface area contributed by atoms with E-state index in [0.717, 1.165) is 22.4 Å². The molecule has 0 saturated carbocycles. The van der Waals surface area contributed by atoms with Crippen LogP contribution < -0.4 is 10.4 Å². The molecular formula is C20H19N5O2S. The van der Waals surface area contributed by atoms with Gasteiger partial charge in [0, 0.05) is 23.6 Å². The summed E-state index contributed by atoms with van der Waals surface area (Å²) in [6, 6.07) is 13.8. The molecule has 0 saturated heterocycles. The van der Waals surface area contributed by atoms with Crippen molar-refractivity contribution in [3.8, 4) is 22.1 Å². The second-order valence-electron chi connectivity index (χ2n) is 6.47. The smallest absolute Gasteiger partial charge is 0.368 e. The number of thiazole rings is 1. The van der Waals surface area contributed by atoms with Gasteiger partial charge in [0.05, 0.1) is 11.4 Å². The molecule has 0 aliphatic carbocycles. The molecule has 8 heteroatoms. The summed E-state index contributed by atoms with van der Waals surface area (Å²) >= 11 is 1.45. The van der Waals surface area contributed by atoms with Crippen LogP contribution in [-0.4, -0.2) is 24.8 Å². The lowest BCUT2D eigenvalue weighted by Crippen LogP contribution is -2.23. The molecule has 4 aromatic rings. The van der Waals surface area contributed by atoms with Crippen molar-refractivity contribution in [1.82, 2.24) is 24.8 Å². The molecule has 0 aliphatic rings. The highest BCUT2D eigenvalue weighted by molar-refractivity contribution is 7.11. The number of aryl methyl sites for hydroxylation is 3. The molecule has 4 rings (SSSR count). The number of hydrogen-bond acceptors (Lipinski definition) is 6. The summed E-state index contributed by atoms with van der Waals surface area (Å²) in [6.45, 7) is 4.32. The van der Waals surface area contributed by atoms with Crippen molar-refractivity contribution in [3.63, 3.8) is 0 Å². The number of ether oxygens (including phenoxy) is 1. The van der Waals surface area contributed by atoms with Gasteiger partial charge < -0.3 is 4.74 Å². The lowest BCUT2D eigenvalue weighted by atomic mass is 10.1. The van der Waals surface area contributed by atoms with Gasteiger partial charge >= 0.3 is 5.69 Å². The predicted molar refractivity (Wildman–Crippen MR) is 108 cm³/mol. The second-order valence-corrected chi connectivity index (χ2v) is 7.29. The van der Waals surface area contributed by atoms with Crippen molar-refractivity contribution >= 4 is 11.3 Å². The van der Waals surface area contributed by atoms with Gasteiger partial charge in [0.25, 0.3) is 5.19 Å². The van der Waals surface area contributed by atoms with Gasteiger partial charge in [-0.3, -0.25) is 0 Å². The first-order valence-corrected chi connectivity index (χ1v) is 9.65. The van der Waals surface area contributed by atoms with Crippen LogP contribution >= 0.6 is 11.3 Å². The van der Waals surface area contributed by atoms with Crippen LogP contribution in [0.25, 0.3) is 16.9 Å². The number of aromatic nitrogens is 5. The van der Waals surface area contributed by atoms with Crippen LogP contribution in [-0.2, 0) is 13.7 Å². The van der Waals surface area contributed by atoms with E-state index in [0.29, 0.717) is 10.9 Å². The Labute approximate surface area is 165 Å². The van der Waals surface area contributed by atoms with Crippen LogP contribution in [0.4, 0.5) is 0 Å². The fourth-order valence-electron chi connectivity index (χ4n) is 2.98. The summed E-state index contributed by atoms with van der Waals surface area (Å²) in [6.07, 6.45) is 0. The summed E-state index contributed by atoms with van der Waals surface area (Å²) < 4.78 is 8.44. The summed E-state index contributed by atoms with van der Waals surface area (Å²) in [5, 5.41) is 10.3.